The summed E-state index contributed by atoms with van der Waals surface area (Å²) < 4.78 is 11.0. The summed E-state index contributed by atoms with van der Waals surface area (Å²) in [6.45, 7) is 4.90. The van der Waals surface area contributed by atoms with Gasteiger partial charge in [-0.3, -0.25) is 15.3 Å². The summed E-state index contributed by atoms with van der Waals surface area (Å²) in [5.41, 5.74) is 11.9. The van der Waals surface area contributed by atoms with Gasteiger partial charge in [-0.05, 0) is 77.2 Å². The number of allylic oxidation sites excluding steroid dienone is 4. The van der Waals surface area contributed by atoms with Crippen LogP contribution in [0.3, 0.4) is 0 Å². The Morgan fingerprint density at radius 2 is 0.771 bits per heavy atom. The molecule has 0 aliphatic heterocycles. The fraction of sp³-hybridized carbons (Fsp3) is 0.850. The third-order valence-corrected chi connectivity index (χ3v) is 8.59. The lowest BCUT2D eigenvalue weighted by atomic mass is 10.1. The number of unbranched alkanes of at least 4 members (excludes halogenated alkanes) is 22. The Labute approximate surface area is 331 Å². The van der Waals surface area contributed by atoms with E-state index in [-0.39, 0.29) is 67.2 Å². The van der Waals surface area contributed by atoms with E-state index in [4.69, 9.17) is 20.9 Å². The SMILES string of the molecule is CCCCCCCC/C=C\CCCCCCCC(=O)OC(N)(CCCN)OC(=O)CCCCCCC/C=C\CCCCCCCC.I.I. The van der Waals surface area contributed by atoms with Crippen LogP contribution >= 0.6 is 48.0 Å². The summed E-state index contributed by atoms with van der Waals surface area (Å²) in [4.78, 5) is 25.0. The summed E-state index contributed by atoms with van der Waals surface area (Å²) in [6.07, 6.45) is 41.9. The van der Waals surface area contributed by atoms with Gasteiger partial charge in [0.2, 0.25) is 0 Å². The van der Waals surface area contributed by atoms with Crippen molar-refractivity contribution in [3.63, 3.8) is 0 Å². The molecule has 0 saturated heterocycles. The van der Waals surface area contributed by atoms with Crippen LogP contribution in [0, 0.1) is 0 Å². The smallest absolute Gasteiger partial charge is 0.315 e. The normalized spacial score (nSPS) is 11.5. The van der Waals surface area contributed by atoms with Crippen LogP contribution in [-0.4, -0.2) is 24.4 Å². The molecule has 0 atom stereocenters. The zero-order valence-corrected chi connectivity index (χ0v) is 36.0. The second-order valence-electron chi connectivity index (χ2n) is 13.3. The van der Waals surface area contributed by atoms with Crippen LogP contribution in [0.15, 0.2) is 24.3 Å². The second kappa shape index (κ2) is 41.2. The van der Waals surface area contributed by atoms with Crippen molar-refractivity contribution in [1.82, 2.24) is 0 Å². The standard InChI is InChI=1S/C40H76N2O4.2HI/c1-3-5-7-9-11-13-15-17-19-21-23-25-27-29-31-34-38(43)45-40(42,36-33-37-41)46-39(44)35-32-30-28-26-24-22-20-18-16-14-12-10-8-6-4-2;;/h17-20H,3-16,21-37,41-42H2,1-2H3;2*1H/b19-17-,20-18-;;. The van der Waals surface area contributed by atoms with Crippen LogP contribution in [0.1, 0.15) is 206 Å². The highest BCUT2D eigenvalue weighted by Crippen LogP contribution is 2.19. The van der Waals surface area contributed by atoms with Gasteiger partial charge in [0.15, 0.2) is 0 Å². The number of carbonyl (C=O) groups excluding carboxylic acids is 2. The molecule has 48 heavy (non-hydrogen) atoms. The van der Waals surface area contributed by atoms with Gasteiger partial charge in [-0.25, -0.2) is 0 Å². The molecule has 4 N–H and O–H groups in total. The molecule has 6 nitrogen and oxygen atoms in total. The lowest BCUT2D eigenvalue weighted by Gasteiger charge is -2.28. The van der Waals surface area contributed by atoms with Crippen molar-refractivity contribution >= 4 is 59.9 Å². The fourth-order valence-electron chi connectivity index (χ4n) is 5.64. The molecule has 0 aromatic rings. The number of rotatable bonds is 35. The van der Waals surface area contributed by atoms with E-state index in [0.717, 1.165) is 51.4 Å². The van der Waals surface area contributed by atoms with E-state index in [2.05, 4.69) is 38.2 Å². The molecule has 8 heteroatoms. The molecule has 0 radical (unpaired) electrons. The third kappa shape index (κ3) is 38.6. The van der Waals surface area contributed by atoms with Crippen molar-refractivity contribution in [1.29, 1.82) is 0 Å². The van der Waals surface area contributed by atoms with Crippen LogP contribution in [-0.2, 0) is 19.1 Å². The maximum absolute atomic E-state index is 12.5. The molecule has 0 spiro atoms. The highest BCUT2D eigenvalue weighted by atomic mass is 127. The Kier molecular flexibility index (Phi) is 44.8. The summed E-state index contributed by atoms with van der Waals surface area (Å²) in [7, 11) is 0. The topological polar surface area (TPSA) is 105 Å². The minimum atomic E-state index is -1.72. The Morgan fingerprint density at radius 1 is 0.479 bits per heavy atom. The largest absolute Gasteiger partial charge is 0.409 e. The van der Waals surface area contributed by atoms with E-state index in [1.807, 2.05) is 0 Å². The van der Waals surface area contributed by atoms with Gasteiger partial charge in [0, 0.05) is 19.3 Å². The highest BCUT2D eigenvalue weighted by molar-refractivity contribution is 14.0. The van der Waals surface area contributed by atoms with E-state index < -0.39 is 17.8 Å². The first-order valence-electron chi connectivity index (χ1n) is 19.7. The Bertz CT molecular complexity index is 695. The van der Waals surface area contributed by atoms with Crippen LogP contribution in [0.5, 0.6) is 0 Å². The maximum atomic E-state index is 12.5. The van der Waals surface area contributed by atoms with Crippen LogP contribution in [0.2, 0.25) is 0 Å². The van der Waals surface area contributed by atoms with Gasteiger partial charge in [0.1, 0.15) is 0 Å². The van der Waals surface area contributed by atoms with E-state index in [1.54, 1.807) is 0 Å². The Hall–Kier alpha value is -0.200. The van der Waals surface area contributed by atoms with E-state index in [9.17, 15) is 9.59 Å². The molecule has 0 rings (SSSR count). The molecule has 0 aliphatic carbocycles. The first-order chi connectivity index (χ1) is 22.5. The molecule has 0 amide bonds. The average molecular weight is 905 g/mol. The van der Waals surface area contributed by atoms with Crippen LogP contribution < -0.4 is 11.5 Å². The second-order valence-corrected chi connectivity index (χ2v) is 13.3. The summed E-state index contributed by atoms with van der Waals surface area (Å²) in [5, 5.41) is 0. The van der Waals surface area contributed by atoms with Crippen LogP contribution in [0.4, 0.5) is 0 Å². The van der Waals surface area contributed by atoms with Crippen molar-refractivity contribution in [2.45, 2.75) is 212 Å². The number of hydrogen-bond donors (Lipinski definition) is 2. The number of carbonyl (C=O) groups is 2. The zero-order valence-electron chi connectivity index (χ0n) is 31.3. The van der Waals surface area contributed by atoms with Crippen molar-refractivity contribution in [2.75, 3.05) is 6.54 Å². The predicted molar refractivity (Wildman–Crippen MR) is 227 cm³/mol. The van der Waals surface area contributed by atoms with Gasteiger partial charge in [-0.1, -0.05) is 141 Å². The van der Waals surface area contributed by atoms with E-state index in [0.29, 0.717) is 13.0 Å². The van der Waals surface area contributed by atoms with Gasteiger partial charge in [0.05, 0.1) is 0 Å². The number of halogens is 2. The molecular weight excluding hydrogens is 826 g/mol. The molecule has 0 fully saturated rings. The summed E-state index contributed by atoms with van der Waals surface area (Å²) in [5.74, 6) is -2.55. The number of hydrogen-bond acceptors (Lipinski definition) is 6. The Balaban J connectivity index is -0.0000101. The van der Waals surface area contributed by atoms with Crippen LogP contribution in [0.25, 0.3) is 0 Å². The highest BCUT2D eigenvalue weighted by Gasteiger charge is 2.33. The maximum Gasteiger partial charge on any atom is 0.315 e. The van der Waals surface area contributed by atoms with E-state index in [1.165, 1.54) is 116 Å². The van der Waals surface area contributed by atoms with Gasteiger partial charge < -0.3 is 15.2 Å². The third-order valence-electron chi connectivity index (χ3n) is 8.59. The van der Waals surface area contributed by atoms with Gasteiger partial charge >= 0.3 is 17.8 Å². The lowest BCUT2D eigenvalue weighted by molar-refractivity contribution is -0.230. The van der Waals surface area contributed by atoms with Gasteiger partial charge in [0.25, 0.3) is 0 Å². The van der Waals surface area contributed by atoms with E-state index >= 15 is 0 Å². The number of ether oxygens (including phenoxy) is 2. The number of nitrogens with two attached hydrogens (primary N) is 2. The molecule has 0 aromatic carbocycles. The van der Waals surface area contributed by atoms with Crippen molar-refractivity contribution in [3.8, 4) is 0 Å². The molecule has 0 saturated carbocycles. The zero-order chi connectivity index (χ0) is 33.8. The molecule has 0 aromatic heterocycles. The average Bonchev–Trinajstić information content (AvgIpc) is 3.03. The number of esters is 2. The molecule has 0 heterocycles. The van der Waals surface area contributed by atoms with Crippen molar-refractivity contribution in [2.24, 2.45) is 11.5 Å². The van der Waals surface area contributed by atoms with Crippen molar-refractivity contribution in [3.05, 3.63) is 24.3 Å². The monoisotopic (exact) mass is 904 g/mol. The molecule has 0 bridgehead atoms. The molecule has 0 unspecified atom stereocenters. The summed E-state index contributed by atoms with van der Waals surface area (Å²) >= 11 is 0. The minimum absolute atomic E-state index is 0. The molecule has 0 aliphatic rings. The van der Waals surface area contributed by atoms with Gasteiger partial charge in [-0.2, -0.15) is 0 Å². The van der Waals surface area contributed by atoms with Crippen molar-refractivity contribution < 1.29 is 19.1 Å². The minimum Gasteiger partial charge on any atom is -0.409 e. The Morgan fingerprint density at radius 3 is 1.08 bits per heavy atom. The first kappa shape index (κ1) is 52.2. The molecule has 286 valence electrons. The predicted octanol–water partition coefficient (Wildman–Crippen LogP) is 12.7. The summed E-state index contributed by atoms with van der Waals surface area (Å²) in [6, 6.07) is 0. The fourth-order valence-corrected chi connectivity index (χ4v) is 5.64. The van der Waals surface area contributed by atoms with Gasteiger partial charge in [-0.15, -0.1) is 48.0 Å². The molecular formula is C40H78I2N2O4. The quantitative estimate of drug-likeness (QED) is 0.0216. The first-order valence-corrected chi connectivity index (χ1v) is 19.7. The lowest BCUT2D eigenvalue weighted by Crippen LogP contribution is -2.49.